The van der Waals surface area contributed by atoms with Crippen LogP contribution in [0.3, 0.4) is 0 Å². The van der Waals surface area contributed by atoms with E-state index in [1.54, 1.807) is 0 Å². The quantitative estimate of drug-likeness (QED) is 0.469. The second-order valence-electron chi connectivity index (χ2n) is 1.86. The summed E-state index contributed by atoms with van der Waals surface area (Å²) in [6.45, 7) is 3.82. The minimum Gasteiger partial charge on any atom is -0.461 e. The first-order valence-electron chi connectivity index (χ1n) is 2.56. The van der Waals surface area contributed by atoms with Crippen molar-refractivity contribution in [1.29, 1.82) is 0 Å². The molecular formula is C5H10N2O. The Labute approximate surface area is 48.5 Å². The van der Waals surface area contributed by atoms with Gasteiger partial charge in [-0.2, -0.15) is 0 Å². The Morgan fingerprint density at radius 2 is 2.25 bits per heavy atom. The molecule has 0 aromatic carbocycles. The SMILES string of the molecule is CC1=C(C)OC(N)N1. The summed E-state index contributed by atoms with van der Waals surface area (Å²) < 4.78 is 5.02. The molecule has 1 heterocycles. The van der Waals surface area contributed by atoms with Crippen molar-refractivity contribution in [2.24, 2.45) is 5.73 Å². The van der Waals surface area contributed by atoms with E-state index in [0.29, 0.717) is 0 Å². The summed E-state index contributed by atoms with van der Waals surface area (Å²) in [5.41, 5.74) is 6.37. The van der Waals surface area contributed by atoms with Gasteiger partial charge in [0.05, 0.1) is 0 Å². The van der Waals surface area contributed by atoms with E-state index < -0.39 is 0 Å². The number of nitrogens with one attached hydrogen (secondary N) is 1. The van der Waals surface area contributed by atoms with Crippen LogP contribution in [-0.4, -0.2) is 6.35 Å². The summed E-state index contributed by atoms with van der Waals surface area (Å²) in [5, 5.41) is 2.90. The molecule has 1 aliphatic heterocycles. The molecule has 3 heteroatoms. The Bertz CT molecular complexity index is 116. The van der Waals surface area contributed by atoms with Crippen LogP contribution < -0.4 is 11.1 Å². The number of allylic oxidation sites excluding steroid dienone is 2. The Morgan fingerprint density at radius 3 is 2.38 bits per heavy atom. The molecule has 1 atom stereocenters. The number of ether oxygens (including phenoxy) is 1. The third-order valence-electron chi connectivity index (χ3n) is 1.19. The Hall–Kier alpha value is -0.700. The fourth-order valence-electron chi connectivity index (χ4n) is 0.623. The van der Waals surface area contributed by atoms with Crippen LogP contribution in [0.2, 0.25) is 0 Å². The molecule has 0 spiro atoms. The van der Waals surface area contributed by atoms with Crippen LogP contribution >= 0.6 is 0 Å². The third-order valence-corrected chi connectivity index (χ3v) is 1.19. The normalized spacial score (nSPS) is 27.6. The molecular weight excluding hydrogens is 104 g/mol. The minimum atomic E-state index is -0.324. The topological polar surface area (TPSA) is 47.3 Å². The minimum absolute atomic E-state index is 0.324. The van der Waals surface area contributed by atoms with Crippen LogP contribution in [-0.2, 0) is 4.74 Å². The monoisotopic (exact) mass is 114 g/mol. The van der Waals surface area contributed by atoms with Crippen molar-refractivity contribution in [3.05, 3.63) is 11.5 Å². The van der Waals surface area contributed by atoms with Crippen molar-refractivity contribution in [3.63, 3.8) is 0 Å². The van der Waals surface area contributed by atoms with Gasteiger partial charge in [-0.1, -0.05) is 0 Å². The van der Waals surface area contributed by atoms with Crippen molar-refractivity contribution in [1.82, 2.24) is 5.32 Å². The van der Waals surface area contributed by atoms with Crippen LogP contribution in [0, 0.1) is 0 Å². The average molecular weight is 114 g/mol. The average Bonchev–Trinajstić information content (AvgIpc) is 1.85. The summed E-state index contributed by atoms with van der Waals surface area (Å²) in [6, 6.07) is 0. The van der Waals surface area contributed by atoms with Crippen LogP contribution in [0.5, 0.6) is 0 Å². The van der Waals surface area contributed by atoms with Gasteiger partial charge in [0.15, 0.2) is 0 Å². The summed E-state index contributed by atoms with van der Waals surface area (Å²) in [6.07, 6.45) is -0.324. The second-order valence-corrected chi connectivity index (χ2v) is 1.86. The molecule has 0 aromatic rings. The summed E-state index contributed by atoms with van der Waals surface area (Å²) >= 11 is 0. The van der Waals surface area contributed by atoms with Crippen molar-refractivity contribution >= 4 is 0 Å². The highest BCUT2D eigenvalue weighted by atomic mass is 16.5. The van der Waals surface area contributed by atoms with Gasteiger partial charge in [0.2, 0.25) is 6.35 Å². The molecule has 0 saturated heterocycles. The Kier molecular flexibility index (Phi) is 1.13. The van der Waals surface area contributed by atoms with Gasteiger partial charge < -0.3 is 10.1 Å². The van der Waals surface area contributed by atoms with Gasteiger partial charge >= 0.3 is 0 Å². The van der Waals surface area contributed by atoms with Crippen LogP contribution in [0.4, 0.5) is 0 Å². The lowest BCUT2D eigenvalue weighted by Gasteiger charge is -2.03. The second kappa shape index (κ2) is 1.67. The molecule has 0 amide bonds. The Morgan fingerprint density at radius 1 is 1.62 bits per heavy atom. The Balaban J connectivity index is 2.60. The fourth-order valence-corrected chi connectivity index (χ4v) is 0.623. The maximum atomic E-state index is 5.34. The van der Waals surface area contributed by atoms with Gasteiger partial charge in [0.25, 0.3) is 0 Å². The molecule has 1 rings (SSSR count). The number of hydrogen-bond donors (Lipinski definition) is 2. The largest absolute Gasteiger partial charge is 0.461 e. The smallest absolute Gasteiger partial charge is 0.224 e. The van der Waals surface area contributed by atoms with E-state index in [0.717, 1.165) is 11.5 Å². The summed E-state index contributed by atoms with van der Waals surface area (Å²) in [7, 11) is 0. The van der Waals surface area contributed by atoms with Crippen molar-refractivity contribution < 1.29 is 4.74 Å². The van der Waals surface area contributed by atoms with Crippen molar-refractivity contribution in [2.45, 2.75) is 20.2 Å². The lowest BCUT2D eigenvalue weighted by Crippen LogP contribution is -2.32. The van der Waals surface area contributed by atoms with E-state index in [1.165, 1.54) is 0 Å². The predicted octanol–water partition coefficient (Wildman–Crippen LogP) is 0.0999. The van der Waals surface area contributed by atoms with Gasteiger partial charge in [0, 0.05) is 5.70 Å². The highest BCUT2D eigenvalue weighted by Crippen LogP contribution is 2.09. The number of hydrogen-bond acceptors (Lipinski definition) is 3. The molecule has 0 radical (unpaired) electrons. The first-order chi connectivity index (χ1) is 3.70. The molecule has 3 N–H and O–H groups in total. The van der Waals surface area contributed by atoms with E-state index in [9.17, 15) is 0 Å². The van der Waals surface area contributed by atoms with E-state index >= 15 is 0 Å². The van der Waals surface area contributed by atoms with Crippen molar-refractivity contribution in [2.75, 3.05) is 0 Å². The molecule has 0 bridgehead atoms. The molecule has 8 heavy (non-hydrogen) atoms. The number of rotatable bonds is 0. The lowest BCUT2D eigenvalue weighted by molar-refractivity contribution is 0.135. The van der Waals surface area contributed by atoms with Crippen LogP contribution in [0.1, 0.15) is 13.8 Å². The molecule has 1 unspecified atom stereocenters. The van der Waals surface area contributed by atoms with E-state index in [2.05, 4.69) is 5.32 Å². The maximum Gasteiger partial charge on any atom is 0.224 e. The number of nitrogens with two attached hydrogens (primary N) is 1. The molecule has 0 saturated carbocycles. The van der Waals surface area contributed by atoms with Gasteiger partial charge in [-0.3, -0.25) is 5.73 Å². The van der Waals surface area contributed by atoms with Gasteiger partial charge in [-0.15, -0.1) is 0 Å². The summed E-state index contributed by atoms with van der Waals surface area (Å²) in [4.78, 5) is 0. The van der Waals surface area contributed by atoms with E-state index in [4.69, 9.17) is 10.5 Å². The van der Waals surface area contributed by atoms with Gasteiger partial charge in [-0.05, 0) is 13.8 Å². The highest BCUT2D eigenvalue weighted by Gasteiger charge is 2.12. The van der Waals surface area contributed by atoms with E-state index in [-0.39, 0.29) is 6.35 Å². The predicted molar refractivity (Wildman–Crippen MR) is 30.6 cm³/mol. The first-order valence-corrected chi connectivity index (χ1v) is 2.56. The zero-order valence-corrected chi connectivity index (χ0v) is 5.06. The van der Waals surface area contributed by atoms with Gasteiger partial charge in [-0.25, -0.2) is 0 Å². The molecule has 1 aliphatic rings. The van der Waals surface area contributed by atoms with E-state index in [1.807, 2.05) is 13.8 Å². The lowest BCUT2D eigenvalue weighted by atomic mass is 10.4. The molecule has 46 valence electrons. The maximum absolute atomic E-state index is 5.34. The molecule has 0 aromatic heterocycles. The van der Waals surface area contributed by atoms with Crippen molar-refractivity contribution in [3.8, 4) is 0 Å². The molecule has 0 fully saturated rings. The van der Waals surface area contributed by atoms with Crippen LogP contribution in [0.15, 0.2) is 11.5 Å². The zero-order valence-electron chi connectivity index (χ0n) is 5.06. The van der Waals surface area contributed by atoms with Crippen LogP contribution in [0.25, 0.3) is 0 Å². The third kappa shape index (κ3) is 0.767. The summed E-state index contributed by atoms with van der Waals surface area (Å²) in [5.74, 6) is 0.887. The van der Waals surface area contributed by atoms with Gasteiger partial charge in [0.1, 0.15) is 5.76 Å². The zero-order chi connectivity index (χ0) is 6.15. The highest BCUT2D eigenvalue weighted by molar-refractivity contribution is 5.05. The fraction of sp³-hybridized carbons (Fsp3) is 0.600. The molecule has 0 aliphatic carbocycles. The molecule has 3 nitrogen and oxygen atoms in total. The standard InChI is InChI=1S/C5H10N2O/c1-3-4(2)8-5(6)7-3/h5,7H,6H2,1-2H3. The first kappa shape index (κ1) is 5.44.